The summed E-state index contributed by atoms with van der Waals surface area (Å²) >= 11 is 0. The van der Waals surface area contributed by atoms with Crippen LogP contribution in [-0.2, 0) is 9.53 Å². The highest BCUT2D eigenvalue weighted by atomic mass is 16.5. The van der Waals surface area contributed by atoms with Crippen LogP contribution < -0.4 is 5.32 Å². The average Bonchev–Trinajstić information content (AvgIpc) is 3.17. The Morgan fingerprint density at radius 2 is 2.27 bits per heavy atom. The molecule has 2 saturated heterocycles. The third kappa shape index (κ3) is 3.87. The molecule has 1 unspecified atom stereocenters. The zero-order chi connectivity index (χ0) is 15.4. The van der Waals surface area contributed by atoms with E-state index in [4.69, 9.17) is 4.74 Å². The van der Waals surface area contributed by atoms with Gasteiger partial charge in [-0.1, -0.05) is 0 Å². The summed E-state index contributed by atoms with van der Waals surface area (Å²) < 4.78 is 5.52. The van der Waals surface area contributed by atoms with Gasteiger partial charge in [-0.2, -0.15) is 5.10 Å². The SMILES string of the molecule is Cc1cn[nH]c1C1CCN(CC(=O)NCC2CCCO2)CC1. The van der Waals surface area contributed by atoms with Gasteiger partial charge in [-0.25, -0.2) is 0 Å². The number of aromatic amines is 1. The summed E-state index contributed by atoms with van der Waals surface area (Å²) in [5, 5.41) is 10.2. The van der Waals surface area contributed by atoms with Crippen molar-refractivity contribution in [2.45, 2.75) is 44.6 Å². The molecule has 0 aliphatic carbocycles. The van der Waals surface area contributed by atoms with Gasteiger partial charge in [0.2, 0.25) is 5.91 Å². The number of likely N-dealkylation sites (tertiary alicyclic amines) is 1. The second-order valence-electron chi connectivity index (χ2n) is 6.46. The highest BCUT2D eigenvalue weighted by Gasteiger charge is 2.24. The normalized spacial score (nSPS) is 23.8. The van der Waals surface area contributed by atoms with Crippen LogP contribution in [-0.4, -0.2) is 59.9 Å². The summed E-state index contributed by atoms with van der Waals surface area (Å²) in [6, 6.07) is 0. The maximum atomic E-state index is 12.0. The number of carbonyl (C=O) groups is 1. The number of carbonyl (C=O) groups excluding carboxylic acids is 1. The van der Waals surface area contributed by atoms with Crippen LogP contribution in [0, 0.1) is 6.92 Å². The summed E-state index contributed by atoms with van der Waals surface area (Å²) in [7, 11) is 0. The second kappa shape index (κ2) is 7.24. The van der Waals surface area contributed by atoms with Crippen LogP contribution in [0.2, 0.25) is 0 Å². The molecule has 6 nitrogen and oxygen atoms in total. The monoisotopic (exact) mass is 306 g/mol. The summed E-state index contributed by atoms with van der Waals surface area (Å²) in [6.07, 6.45) is 6.46. The molecule has 0 bridgehead atoms. The van der Waals surface area contributed by atoms with Crippen LogP contribution in [0.25, 0.3) is 0 Å². The maximum Gasteiger partial charge on any atom is 0.234 e. The molecule has 0 radical (unpaired) electrons. The zero-order valence-electron chi connectivity index (χ0n) is 13.3. The number of nitrogens with zero attached hydrogens (tertiary/aromatic N) is 2. The van der Waals surface area contributed by atoms with Crippen molar-refractivity contribution >= 4 is 5.91 Å². The Balaban J connectivity index is 1.38. The molecule has 122 valence electrons. The lowest BCUT2D eigenvalue weighted by atomic mass is 9.92. The van der Waals surface area contributed by atoms with Crippen LogP contribution in [0.4, 0.5) is 0 Å². The molecule has 2 aliphatic heterocycles. The topological polar surface area (TPSA) is 70.2 Å². The van der Waals surface area contributed by atoms with E-state index in [0.29, 0.717) is 19.0 Å². The fourth-order valence-corrected chi connectivity index (χ4v) is 3.44. The zero-order valence-corrected chi connectivity index (χ0v) is 13.3. The Morgan fingerprint density at radius 1 is 1.45 bits per heavy atom. The van der Waals surface area contributed by atoms with Crippen LogP contribution >= 0.6 is 0 Å². The average molecular weight is 306 g/mol. The van der Waals surface area contributed by atoms with Crippen molar-refractivity contribution in [2.75, 3.05) is 32.8 Å². The molecular formula is C16H26N4O2. The van der Waals surface area contributed by atoms with Crippen LogP contribution in [0.3, 0.4) is 0 Å². The van der Waals surface area contributed by atoms with E-state index in [0.717, 1.165) is 45.4 Å². The van der Waals surface area contributed by atoms with E-state index in [9.17, 15) is 4.79 Å². The summed E-state index contributed by atoms with van der Waals surface area (Å²) in [5.74, 6) is 0.667. The molecule has 0 saturated carbocycles. The van der Waals surface area contributed by atoms with Crippen molar-refractivity contribution in [1.82, 2.24) is 20.4 Å². The van der Waals surface area contributed by atoms with E-state index in [-0.39, 0.29) is 12.0 Å². The van der Waals surface area contributed by atoms with E-state index >= 15 is 0 Å². The van der Waals surface area contributed by atoms with Gasteiger partial charge >= 0.3 is 0 Å². The first-order valence-corrected chi connectivity index (χ1v) is 8.33. The number of piperidine rings is 1. The maximum absolute atomic E-state index is 12.0. The Labute approximate surface area is 131 Å². The van der Waals surface area contributed by atoms with Gasteiger partial charge in [0.05, 0.1) is 18.8 Å². The van der Waals surface area contributed by atoms with Crippen molar-refractivity contribution < 1.29 is 9.53 Å². The molecule has 22 heavy (non-hydrogen) atoms. The largest absolute Gasteiger partial charge is 0.376 e. The van der Waals surface area contributed by atoms with Gasteiger partial charge < -0.3 is 10.1 Å². The van der Waals surface area contributed by atoms with Crippen molar-refractivity contribution in [3.63, 3.8) is 0 Å². The van der Waals surface area contributed by atoms with E-state index in [1.54, 1.807) is 0 Å². The molecule has 6 heteroatoms. The number of hydrogen-bond donors (Lipinski definition) is 2. The van der Waals surface area contributed by atoms with Crippen molar-refractivity contribution in [1.29, 1.82) is 0 Å². The van der Waals surface area contributed by atoms with Crippen molar-refractivity contribution in [3.8, 4) is 0 Å². The molecule has 2 N–H and O–H groups in total. The molecule has 0 spiro atoms. The fraction of sp³-hybridized carbons (Fsp3) is 0.750. The van der Waals surface area contributed by atoms with E-state index < -0.39 is 0 Å². The second-order valence-corrected chi connectivity index (χ2v) is 6.46. The minimum absolute atomic E-state index is 0.117. The Kier molecular flexibility index (Phi) is 5.10. The Morgan fingerprint density at radius 3 is 2.91 bits per heavy atom. The molecular weight excluding hydrogens is 280 g/mol. The van der Waals surface area contributed by atoms with Gasteiger partial charge in [-0.05, 0) is 51.3 Å². The molecule has 3 rings (SSSR count). The number of rotatable bonds is 5. The molecule has 1 aromatic rings. The van der Waals surface area contributed by atoms with Gasteiger partial charge in [0.15, 0.2) is 0 Å². The third-order valence-electron chi connectivity index (χ3n) is 4.78. The highest BCUT2D eigenvalue weighted by molar-refractivity contribution is 5.78. The molecule has 2 fully saturated rings. The quantitative estimate of drug-likeness (QED) is 0.857. The predicted octanol–water partition coefficient (Wildman–Crippen LogP) is 1.19. The van der Waals surface area contributed by atoms with Gasteiger partial charge in [-0.3, -0.25) is 14.8 Å². The number of hydrogen-bond acceptors (Lipinski definition) is 4. The van der Waals surface area contributed by atoms with Gasteiger partial charge in [0.1, 0.15) is 0 Å². The Hall–Kier alpha value is -1.40. The molecule has 1 atom stereocenters. The summed E-state index contributed by atoms with van der Waals surface area (Å²) in [6.45, 7) is 6.03. The first-order chi connectivity index (χ1) is 10.7. The van der Waals surface area contributed by atoms with Gasteiger partial charge in [-0.15, -0.1) is 0 Å². The molecule has 1 aromatic heterocycles. The standard InChI is InChI=1S/C16H26N4O2/c1-12-9-18-19-16(12)13-4-6-20(7-5-13)11-15(21)17-10-14-3-2-8-22-14/h9,13-14H,2-8,10-11H2,1H3,(H,17,21)(H,18,19). The van der Waals surface area contributed by atoms with E-state index in [1.165, 1.54) is 11.3 Å². The van der Waals surface area contributed by atoms with Crippen molar-refractivity contribution in [2.24, 2.45) is 0 Å². The van der Waals surface area contributed by atoms with Crippen molar-refractivity contribution in [3.05, 3.63) is 17.5 Å². The van der Waals surface area contributed by atoms with Crippen LogP contribution in [0.1, 0.15) is 42.9 Å². The minimum atomic E-state index is 0.117. The molecule has 2 aliphatic rings. The smallest absolute Gasteiger partial charge is 0.234 e. The number of aryl methyl sites for hydroxylation is 1. The van der Waals surface area contributed by atoms with E-state index in [1.807, 2.05) is 6.20 Å². The lowest BCUT2D eigenvalue weighted by Crippen LogP contribution is -2.43. The van der Waals surface area contributed by atoms with Gasteiger partial charge in [0, 0.05) is 24.8 Å². The van der Waals surface area contributed by atoms with Gasteiger partial charge in [0.25, 0.3) is 0 Å². The van der Waals surface area contributed by atoms with Crippen LogP contribution in [0.5, 0.6) is 0 Å². The Bertz CT molecular complexity index is 488. The summed E-state index contributed by atoms with van der Waals surface area (Å²) in [4.78, 5) is 14.3. The minimum Gasteiger partial charge on any atom is -0.376 e. The predicted molar refractivity (Wildman–Crippen MR) is 83.7 cm³/mol. The summed E-state index contributed by atoms with van der Waals surface area (Å²) in [5.41, 5.74) is 2.51. The number of H-pyrrole nitrogens is 1. The lowest BCUT2D eigenvalue weighted by Gasteiger charge is -2.31. The number of ether oxygens (including phenoxy) is 1. The number of nitrogens with one attached hydrogen (secondary N) is 2. The molecule has 3 heterocycles. The number of aromatic nitrogens is 2. The first-order valence-electron chi connectivity index (χ1n) is 8.33. The molecule has 1 amide bonds. The molecule has 0 aromatic carbocycles. The first kappa shape index (κ1) is 15.5. The van der Waals surface area contributed by atoms with Crippen LogP contribution in [0.15, 0.2) is 6.20 Å². The third-order valence-corrected chi connectivity index (χ3v) is 4.78. The highest BCUT2D eigenvalue weighted by Crippen LogP contribution is 2.28. The van der Waals surface area contributed by atoms with E-state index in [2.05, 4.69) is 27.3 Å². The fourth-order valence-electron chi connectivity index (χ4n) is 3.44. The number of amides is 1. The lowest BCUT2D eigenvalue weighted by molar-refractivity contribution is -0.123.